The molecule has 0 aromatic heterocycles. The van der Waals surface area contributed by atoms with Gasteiger partial charge in [-0.15, -0.1) is 0 Å². The van der Waals surface area contributed by atoms with Crippen molar-refractivity contribution in [3.05, 3.63) is 0 Å². The van der Waals surface area contributed by atoms with E-state index >= 15 is 0 Å². The van der Waals surface area contributed by atoms with E-state index in [-0.39, 0.29) is 0 Å². The number of nitrogens with one attached hydrogen (secondary N) is 1. The Kier molecular flexibility index (Phi) is 3.68. The van der Waals surface area contributed by atoms with Crippen LogP contribution in [0.2, 0.25) is 0 Å². The third-order valence-corrected chi connectivity index (χ3v) is 4.15. The van der Waals surface area contributed by atoms with Crippen LogP contribution < -0.4 is 5.32 Å². The summed E-state index contributed by atoms with van der Waals surface area (Å²) in [6.07, 6.45) is 8.04. The first-order valence-corrected chi connectivity index (χ1v) is 6.53. The molecule has 2 heteroatoms. The summed E-state index contributed by atoms with van der Waals surface area (Å²) >= 11 is 0. The van der Waals surface area contributed by atoms with E-state index in [4.69, 9.17) is 4.74 Å². The number of hydrogen-bond acceptors (Lipinski definition) is 2. The largest absolute Gasteiger partial charge is 0.375 e. The van der Waals surface area contributed by atoms with Crippen molar-refractivity contribution in [3.8, 4) is 0 Å². The maximum Gasteiger partial charge on any atom is 0.0685 e. The molecule has 2 atom stereocenters. The van der Waals surface area contributed by atoms with Gasteiger partial charge in [0.15, 0.2) is 0 Å². The van der Waals surface area contributed by atoms with Crippen LogP contribution in [0.5, 0.6) is 0 Å². The first-order valence-electron chi connectivity index (χ1n) is 6.53. The first kappa shape index (κ1) is 11.4. The van der Waals surface area contributed by atoms with Crippen molar-refractivity contribution in [2.75, 3.05) is 20.2 Å². The second kappa shape index (κ2) is 4.84. The van der Waals surface area contributed by atoms with Crippen LogP contribution in [0.15, 0.2) is 0 Å². The van der Waals surface area contributed by atoms with E-state index in [2.05, 4.69) is 12.2 Å². The summed E-state index contributed by atoms with van der Waals surface area (Å²) in [4.78, 5) is 0. The van der Waals surface area contributed by atoms with E-state index in [1.54, 1.807) is 0 Å². The Morgan fingerprint density at radius 2 is 2.27 bits per heavy atom. The predicted molar refractivity (Wildman–Crippen MR) is 63.0 cm³/mol. The Bertz CT molecular complexity index is 201. The quantitative estimate of drug-likeness (QED) is 0.771. The Morgan fingerprint density at radius 1 is 1.47 bits per heavy atom. The van der Waals surface area contributed by atoms with E-state index < -0.39 is 0 Å². The standard InChI is InChI=1S/C13H25NO/c1-11(10-14-2)8-12-4-7-15-13(9-12)5-3-6-13/h11-12,14H,3-10H2,1-2H3. The number of hydrogen-bond donors (Lipinski definition) is 1. The molecule has 0 amide bonds. The fraction of sp³-hybridized carbons (Fsp3) is 1.00. The maximum absolute atomic E-state index is 5.96. The van der Waals surface area contributed by atoms with Crippen molar-refractivity contribution >= 4 is 0 Å². The van der Waals surface area contributed by atoms with E-state index in [1.165, 1.54) is 38.5 Å². The number of ether oxygens (including phenoxy) is 1. The summed E-state index contributed by atoms with van der Waals surface area (Å²) in [6, 6.07) is 0. The molecule has 0 bridgehead atoms. The second-order valence-electron chi connectivity index (χ2n) is 5.64. The van der Waals surface area contributed by atoms with Crippen molar-refractivity contribution in [2.24, 2.45) is 11.8 Å². The lowest BCUT2D eigenvalue weighted by molar-refractivity contribution is -0.145. The third-order valence-electron chi connectivity index (χ3n) is 4.15. The minimum atomic E-state index is 0.336. The molecule has 1 N–H and O–H groups in total. The Balaban J connectivity index is 1.77. The van der Waals surface area contributed by atoms with Crippen LogP contribution in [0, 0.1) is 11.8 Å². The van der Waals surface area contributed by atoms with Gasteiger partial charge in [-0.1, -0.05) is 6.92 Å². The monoisotopic (exact) mass is 211 g/mol. The molecule has 2 rings (SSSR count). The molecule has 1 heterocycles. The van der Waals surface area contributed by atoms with Crippen molar-refractivity contribution in [1.82, 2.24) is 5.32 Å². The van der Waals surface area contributed by atoms with Gasteiger partial charge in [0.05, 0.1) is 5.60 Å². The van der Waals surface area contributed by atoms with Gasteiger partial charge >= 0.3 is 0 Å². The predicted octanol–water partition coefficient (Wildman–Crippen LogP) is 2.58. The summed E-state index contributed by atoms with van der Waals surface area (Å²) in [5, 5.41) is 3.27. The minimum Gasteiger partial charge on any atom is -0.375 e. The smallest absolute Gasteiger partial charge is 0.0685 e. The Hall–Kier alpha value is -0.0800. The van der Waals surface area contributed by atoms with Crippen LogP contribution in [0.1, 0.15) is 45.4 Å². The molecule has 2 fully saturated rings. The molecule has 1 saturated carbocycles. The van der Waals surface area contributed by atoms with Crippen LogP contribution in [0.25, 0.3) is 0 Å². The topological polar surface area (TPSA) is 21.3 Å². The highest BCUT2D eigenvalue weighted by molar-refractivity contribution is 4.94. The van der Waals surface area contributed by atoms with Crippen molar-refractivity contribution in [3.63, 3.8) is 0 Å². The fourth-order valence-corrected chi connectivity index (χ4v) is 3.25. The van der Waals surface area contributed by atoms with Gasteiger partial charge in [-0.3, -0.25) is 0 Å². The average molecular weight is 211 g/mol. The Labute approximate surface area is 93.8 Å². The maximum atomic E-state index is 5.96. The van der Waals surface area contributed by atoms with Gasteiger partial charge in [-0.05, 0) is 64.0 Å². The molecule has 1 saturated heterocycles. The molecule has 0 aromatic carbocycles. The highest BCUT2D eigenvalue weighted by Crippen LogP contribution is 2.45. The molecule has 0 aromatic rings. The summed E-state index contributed by atoms with van der Waals surface area (Å²) in [5.41, 5.74) is 0.336. The Morgan fingerprint density at radius 3 is 2.87 bits per heavy atom. The molecule has 1 spiro atoms. The van der Waals surface area contributed by atoms with Gasteiger partial charge in [0.25, 0.3) is 0 Å². The van der Waals surface area contributed by atoms with Crippen LogP contribution in [0.4, 0.5) is 0 Å². The number of rotatable bonds is 4. The fourth-order valence-electron chi connectivity index (χ4n) is 3.25. The van der Waals surface area contributed by atoms with Crippen LogP contribution >= 0.6 is 0 Å². The van der Waals surface area contributed by atoms with Crippen molar-refractivity contribution in [2.45, 2.75) is 51.0 Å². The second-order valence-corrected chi connectivity index (χ2v) is 5.64. The lowest BCUT2D eigenvalue weighted by atomic mass is 9.70. The van der Waals surface area contributed by atoms with Crippen LogP contribution in [-0.2, 0) is 4.74 Å². The zero-order chi connectivity index (χ0) is 10.7. The van der Waals surface area contributed by atoms with Gasteiger partial charge in [0.1, 0.15) is 0 Å². The van der Waals surface area contributed by atoms with Gasteiger partial charge in [0.2, 0.25) is 0 Å². The molecule has 1 aliphatic heterocycles. The van der Waals surface area contributed by atoms with Gasteiger partial charge in [0, 0.05) is 6.61 Å². The zero-order valence-electron chi connectivity index (χ0n) is 10.2. The average Bonchev–Trinajstić information content (AvgIpc) is 2.16. The van der Waals surface area contributed by atoms with Crippen LogP contribution in [-0.4, -0.2) is 25.8 Å². The lowest BCUT2D eigenvalue weighted by Gasteiger charge is -2.47. The highest BCUT2D eigenvalue weighted by atomic mass is 16.5. The van der Waals surface area contributed by atoms with E-state index in [1.807, 2.05) is 7.05 Å². The van der Waals surface area contributed by atoms with Gasteiger partial charge < -0.3 is 10.1 Å². The van der Waals surface area contributed by atoms with Crippen LogP contribution in [0.3, 0.4) is 0 Å². The van der Waals surface area contributed by atoms with Gasteiger partial charge in [-0.2, -0.15) is 0 Å². The molecule has 2 nitrogen and oxygen atoms in total. The molecule has 2 unspecified atom stereocenters. The minimum absolute atomic E-state index is 0.336. The summed E-state index contributed by atoms with van der Waals surface area (Å²) < 4.78 is 5.96. The molecular weight excluding hydrogens is 186 g/mol. The van der Waals surface area contributed by atoms with Crippen molar-refractivity contribution in [1.29, 1.82) is 0 Å². The molecule has 1 aliphatic carbocycles. The molecular formula is C13H25NO. The molecule has 88 valence electrons. The molecule has 0 radical (unpaired) electrons. The highest BCUT2D eigenvalue weighted by Gasteiger charge is 2.42. The van der Waals surface area contributed by atoms with E-state index in [0.29, 0.717) is 5.60 Å². The normalized spacial score (nSPS) is 31.2. The molecule has 15 heavy (non-hydrogen) atoms. The van der Waals surface area contributed by atoms with Gasteiger partial charge in [-0.25, -0.2) is 0 Å². The summed E-state index contributed by atoms with van der Waals surface area (Å²) in [6.45, 7) is 4.53. The lowest BCUT2D eigenvalue weighted by Crippen LogP contribution is -2.45. The first-order chi connectivity index (χ1) is 7.24. The summed E-state index contributed by atoms with van der Waals surface area (Å²) in [7, 11) is 2.05. The van der Waals surface area contributed by atoms with Crippen molar-refractivity contribution < 1.29 is 4.74 Å². The SMILES string of the molecule is CNCC(C)CC1CCOC2(CCC2)C1. The molecule has 2 aliphatic rings. The third kappa shape index (κ3) is 2.73. The van der Waals surface area contributed by atoms with E-state index in [9.17, 15) is 0 Å². The van der Waals surface area contributed by atoms with E-state index in [0.717, 1.165) is 25.0 Å². The zero-order valence-corrected chi connectivity index (χ0v) is 10.2. The summed E-state index contributed by atoms with van der Waals surface area (Å²) in [5.74, 6) is 1.73.